The summed E-state index contributed by atoms with van der Waals surface area (Å²) in [6.45, 7) is 2.02. The normalized spacial score (nSPS) is 17.6. The number of thioether (sulfide) groups is 1. The molecule has 0 spiro atoms. The topological polar surface area (TPSA) is 46.4 Å². The molecular formula is C20H17N3OS. The van der Waals surface area contributed by atoms with Crippen LogP contribution in [0.4, 0.5) is 5.69 Å². The fourth-order valence-corrected chi connectivity index (χ4v) is 3.70. The Labute approximate surface area is 150 Å². The van der Waals surface area contributed by atoms with Gasteiger partial charge in [0.05, 0.1) is 10.6 Å². The van der Waals surface area contributed by atoms with Crippen LogP contribution in [0.3, 0.4) is 0 Å². The molecule has 4 rings (SSSR count). The Morgan fingerprint density at radius 2 is 1.96 bits per heavy atom. The summed E-state index contributed by atoms with van der Waals surface area (Å²) >= 11 is 1.37. The number of hydrogen-bond acceptors (Lipinski definition) is 3. The quantitative estimate of drug-likeness (QED) is 0.699. The molecule has 0 atom stereocenters. The number of fused-ring (bicyclic) bond motifs is 1. The van der Waals surface area contributed by atoms with Crippen molar-refractivity contribution < 1.29 is 4.79 Å². The van der Waals surface area contributed by atoms with Crippen molar-refractivity contribution in [3.8, 4) is 0 Å². The van der Waals surface area contributed by atoms with Gasteiger partial charge in [0.2, 0.25) is 0 Å². The van der Waals surface area contributed by atoms with Crippen molar-refractivity contribution in [1.82, 2.24) is 9.88 Å². The van der Waals surface area contributed by atoms with Gasteiger partial charge in [0.25, 0.3) is 5.91 Å². The van der Waals surface area contributed by atoms with E-state index >= 15 is 0 Å². The molecule has 1 aromatic heterocycles. The van der Waals surface area contributed by atoms with Crippen molar-refractivity contribution in [2.75, 3.05) is 0 Å². The van der Waals surface area contributed by atoms with Crippen molar-refractivity contribution in [1.29, 1.82) is 0 Å². The first kappa shape index (κ1) is 15.7. The lowest BCUT2D eigenvalue weighted by atomic mass is 10.2. The molecule has 124 valence electrons. The number of rotatable bonds is 2. The van der Waals surface area contributed by atoms with Crippen LogP contribution in [0.5, 0.6) is 0 Å². The van der Waals surface area contributed by atoms with Gasteiger partial charge in [-0.05, 0) is 54.6 Å². The number of para-hydroxylation sites is 1. The second kappa shape index (κ2) is 6.26. The predicted octanol–water partition coefficient (Wildman–Crippen LogP) is 4.38. The summed E-state index contributed by atoms with van der Waals surface area (Å²) in [6.07, 6.45) is 1.92. The highest BCUT2D eigenvalue weighted by Crippen LogP contribution is 2.29. The first-order valence-electron chi connectivity index (χ1n) is 8.01. The van der Waals surface area contributed by atoms with Crippen LogP contribution < -0.4 is 5.32 Å². The van der Waals surface area contributed by atoms with Gasteiger partial charge in [-0.3, -0.25) is 4.79 Å². The molecule has 1 amide bonds. The van der Waals surface area contributed by atoms with Gasteiger partial charge in [-0.25, -0.2) is 4.99 Å². The molecule has 1 aliphatic heterocycles. The van der Waals surface area contributed by atoms with Crippen LogP contribution >= 0.6 is 11.8 Å². The molecule has 0 aliphatic carbocycles. The molecule has 1 saturated heterocycles. The number of carbonyl (C=O) groups is 1. The van der Waals surface area contributed by atoms with Gasteiger partial charge < -0.3 is 9.88 Å². The molecule has 1 N–H and O–H groups in total. The number of carbonyl (C=O) groups excluding carboxylic acids is 1. The van der Waals surface area contributed by atoms with E-state index in [9.17, 15) is 4.79 Å². The van der Waals surface area contributed by atoms with Gasteiger partial charge in [0.1, 0.15) is 0 Å². The second-order valence-corrected chi connectivity index (χ2v) is 7.04. The maximum absolute atomic E-state index is 12.3. The van der Waals surface area contributed by atoms with Crippen LogP contribution in [0.1, 0.15) is 11.3 Å². The fourth-order valence-electron chi connectivity index (χ4n) is 2.88. The van der Waals surface area contributed by atoms with Gasteiger partial charge in [-0.15, -0.1) is 0 Å². The Kier molecular flexibility index (Phi) is 3.93. The smallest absolute Gasteiger partial charge is 0.264 e. The van der Waals surface area contributed by atoms with E-state index in [4.69, 9.17) is 0 Å². The Morgan fingerprint density at radius 3 is 2.76 bits per heavy atom. The largest absolute Gasteiger partial charge is 0.344 e. The molecule has 3 aromatic rings. The zero-order chi connectivity index (χ0) is 17.4. The minimum atomic E-state index is -0.110. The van der Waals surface area contributed by atoms with Crippen molar-refractivity contribution in [2.24, 2.45) is 12.0 Å². The van der Waals surface area contributed by atoms with Gasteiger partial charge >= 0.3 is 0 Å². The molecule has 5 heteroatoms. The summed E-state index contributed by atoms with van der Waals surface area (Å²) < 4.78 is 2.09. The lowest BCUT2D eigenvalue weighted by Gasteiger charge is -1.99. The number of benzene rings is 2. The summed E-state index contributed by atoms with van der Waals surface area (Å²) in [7, 11) is 2.01. The van der Waals surface area contributed by atoms with Crippen LogP contribution in [-0.2, 0) is 11.8 Å². The monoisotopic (exact) mass is 347 g/mol. The van der Waals surface area contributed by atoms with Crippen LogP contribution in [0.15, 0.2) is 64.5 Å². The summed E-state index contributed by atoms with van der Waals surface area (Å²) in [5.74, 6) is -0.110. The minimum absolute atomic E-state index is 0.110. The highest BCUT2D eigenvalue weighted by Gasteiger charge is 2.24. The highest BCUT2D eigenvalue weighted by molar-refractivity contribution is 8.18. The zero-order valence-electron chi connectivity index (χ0n) is 14.0. The lowest BCUT2D eigenvalue weighted by molar-refractivity contribution is -0.115. The van der Waals surface area contributed by atoms with E-state index in [0.717, 1.165) is 27.8 Å². The number of aromatic nitrogens is 1. The lowest BCUT2D eigenvalue weighted by Crippen LogP contribution is -2.19. The van der Waals surface area contributed by atoms with Gasteiger partial charge in [-0.1, -0.05) is 30.3 Å². The molecule has 0 unspecified atom stereocenters. The average molecular weight is 347 g/mol. The molecule has 0 saturated carbocycles. The molecule has 0 bridgehead atoms. The third-order valence-corrected chi connectivity index (χ3v) is 5.06. The first-order valence-corrected chi connectivity index (χ1v) is 8.82. The third kappa shape index (κ3) is 3.10. The van der Waals surface area contributed by atoms with E-state index in [1.54, 1.807) is 0 Å². The molecule has 1 fully saturated rings. The standard InChI is InChI=1S/C20H17N3OS/c1-13-6-5-8-15(10-13)21-20-22-19(24)18(25-20)12-16-11-14-7-3-4-9-17(14)23(16)2/h3-12H,1-2H3,(H,21,22,24). The molecule has 2 heterocycles. The maximum atomic E-state index is 12.3. The Morgan fingerprint density at radius 1 is 1.12 bits per heavy atom. The van der Waals surface area contributed by atoms with E-state index in [-0.39, 0.29) is 5.91 Å². The minimum Gasteiger partial charge on any atom is -0.344 e. The summed E-state index contributed by atoms with van der Waals surface area (Å²) in [5.41, 5.74) is 4.12. The van der Waals surface area contributed by atoms with Crippen LogP contribution in [0.25, 0.3) is 17.0 Å². The molecular weight excluding hydrogens is 330 g/mol. The summed E-state index contributed by atoms with van der Waals surface area (Å²) in [4.78, 5) is 17.5. The number of amides is 1. The van der Waals surface area contributed by atoms with Crippen LogP contribution in [0, 0.1) is 6.92 Å². The summed E-state index contributed by atoms with van der Waals surface area (Å²) in [5, 5.41) is 4.61. The van der Waals surface area contributed by atoms with Crippen LogP contribution in [-0.4, -0.2) is 15.6 Å². The molecule has 2 aromatic carbocycles. The van der Waals surface area contributed by atoms with E-state index in [1.807, 2.05) is 56.4 Å². The zero-order valence-corrected chi connectivity index (χ0v) is 14.8. The number of hydrogen-bond donors (Lipinski definition) is 1. The SMILES string of the molecule is Cc1cccc(N=C2NC(=O)C(=Cc3cc4ccccc4n3C)S2)c1. The first-order chi connectivity index (χ1) is 12.1. The van der Waals surface area contributed by atoms with E-state index in [1.165, 1.54) is 11.8 Å². The van der Waals surface area contributed by atoms with Crippen molar-refractivity contribution in [3.63, 3.8) is 0 Å². The molecule has 0 radical (unpaired) electrons. The number of aliphatic imine (C=N–C) groups is 1. The Hall–Kier alpha value is -2.79. The third-order valence-electron chi connectivity index (χ3n) is 4.15. The number of aryl methyl sites for hydroxylation is 2. The van der Waals surface area contributed by atoms with Gasteiger partial charge in [0, 0.05) is 23.6 Å². The van der Waals surface area contributed by atoms with Gasteiger partial charge in [0.15, 0.2) is 5.17 Å². The van der Waals surface area contributed by atoms with Crippen LogP contribution in [0.2, 0.25) is 0 Å². The van der Waals surface area contributed by atoms with Gasteiger partial charge in [-0.2, -0.15) is 0 Å². The Balaban J connectivity index is 1.65. The number of nitrogens with zero attached hydrogens (tertiary/aromatic N) is 2. The predicted molar refractivity (Wildman–Crippen MR) is 105 cm³/mol. The second-order valence-electron chi connectivity index (χ2n) is 6.01. The summed E-state index contributed by atoms with van der Waals surface area (Å²) in [6, 6.07) is 18.2. The van der Waals surface area contributed by atoms with Crippen molar-refractivity contribution in [2.45, 2.75) is 6.92 Å². The fraction of sp³-hybridized carbons (Fsp3) is 0.100. The molecule has 25 heavy (non-hydrogen) atoms. The van der Waals surface area contributed by atoms with E-state index in [0.29, 0.717) is 10.1 Å². The van der Waals surface area contributed by atoms with Crippen molar-refractivity contribution in [3.05, 3.63) is 70.8 Å². The number of amidine groups is 1. The highest BCUT2D eigenvalue weighted by atomic mass is 32.2. The number of nitrogens with one attached hydrogen (secondary N) is 1. The van der Waals surface area contributed by atoms with Crippen molar-refractivity contribution >= 4 is 45.5 Å². The van der Waals surface area contributed by atoms with E-state index in [2.05, 4.69) is 33.1 Å². The molecule has 1 aliphatic rings. The maximum Gasteiger partial charge on any atom is 0.264 e. The average Bonchev–Trinajstić information content (AvgIpc) is 3.09. The van der Waals surface area contributed by atoms with E-state index < -0.39 is 0 Å². The Bertz CT molecular complexity index is 1050. The molecule has 4 nitrogen and oxygen atoms in total.